The third-order valence-corrected chi connectivity index (χ3v) is 6.25. The van der Waals surface area contributed by atoms with E-state index in [2.05, 4.69) is 53.6 Å². The maximum atomic E-state index is 12.4. The largest absolute Gasteiger partial charge is 0.494 e. The van der Waals surface area contributed by atoms with Gasteiger partial charge in [0.15, 0.2) is 4.34 Å². The monoisotopic (exact) mass is 427 g/mol. The van der Waals surface area contributed by atoms with Crippen LogP contribution in [0.5, 0.6) is 5.75 Å². The number of rotatable bonds is 10. The topological polar surface area (TPSA) is 64.1 Å². The number of hydrogen-bond donors (Lipinski definition) is 1. The van der Waals surface area contributed by atoms with Crippen LogP contribution in [0.4, 0.5) is 5.13 Å². The van der Waals surface area contributed by atoms with E-state index in [4.69, 9.17) is 4.74 Å². The minimum absolute atomic E-state index is 0.200. The Morgan fingerprint density at radius 2 is 1.97 bits per heavy atom. The predicted octanol–water partition coefficient (Wildman–Crippen LogP) is 5.96. The van der Waals surface area contributed by atoms with Gasteiger partial charge in [0.1, 0.15) is 5.75 Å². The van der Waals surface area contributed by atoms with Crippen LogP contribution < -0.4 is 10.1 Å². The fraction of sp³-hybridized carbons (Fsp3) is 0.318. The van der Waals surface area contributed by atoms with Gasteiger partial charge in [0.25, 0.3) is 5.91 Å². The highest BCUT2D eigenvalue weighted by Gasteiger charge is 2.11. The molecule has 29 heavy (non-hydrogen) atoms. The Morgan fingerprint density at radius 3 is 2.72 bits per heavy atom. The molecule has 5 nitrogen and oxygen atoms in total. The Balaban J connectivity index is 1.49. The number of carbonyl (C=O) groups is 1. The van der Waals surface area contributed by atoms with Gasteiger partial charge < -0.3 is 4.74 Å². The normalized spacial score (nSPS) is 10.7. The van der Waals surface area contributed by atoms with E-state index in [0.29, 0.717) is 17.3 Å². The van der Waals surface area contributed by atoms with Crippen LogP contribution in [0.2, 0.25) is 0 Å². The Kier molecular flexibility index (Phi) is 8.07. The number of benzene rings is 2. The molecule has 0 spiro atoms. The van der Waals surface area contributed by atoms with E-state index in [1.54, 1.807) is 23.9 Å². The summed E-state index contributed by atoms with van der Waals surface area (Å²) in [7, 11) is 0. The molecule has 1 N–H and O–H groups in total. The van der Waals surface area contributed by atoms with Crippen LogP contribution >= 0.6 is 23.1 Å². The molecule has 0 saturated heterocycles. The molecule has 152 valence electrons. The lowest BCUT2D eigenvalue weighted by Gasteiger charge is -2.06. The van der Waals surface area contributed by atoms with E-state index >= 15 is 0 Å². The van der Waals surface area contributed by atoms with Crippen molar-refractivity contribution in [1.29, 1.82) is 0 Å². The number of carbonyl (C=O) groups excluding carboxylic acids is 1. The van der Waals surface area contributed by atoms with Crippen molar-refractivity contribution in [3.05, 3.63) is 65.2 Å². The zero-order valence-electron chi connectivity index (χ0n) is 16.7. The molecule has 3 aromatic rings. The van der Waals surface area contributed by atoms with Crippen LogP contribution in [0.1, 0.15) is 47.7 Å². The first-order chi connectivity index (χ1) is 14.1. The van der Waals surface area contributed by atoms with Crippen molar-refractivity contribution in [3.63, 3.8) is 0 Å². The summed E-state index contributed by atoms with van der Waals surface area (Å²) in [6, 6.07) is 15.6. The molecule has 7 heteroatoms. The maximum absolute atomic E-state index is 12.4. The molecule has 0 radical (unpaired) electrons. The van der Waals surface area contributed by atoms with E-state index in [1.165, 1.54) is 28.9 Å². The number of aryl methyl sites for hydroxylation is 1. The van der Waals surface area contributed by atoms with Gasteiger partial charge in [-0.1, -0.05) is 72.7 Å². The van der Waals surface area contributed by atoms with Gasteiger partial charge in [0, 0.05) is 11.3 Å². The van der Waals surface area contributed by atoms with Gasteiger partial charge in [-0.2, -0.15) is 0 Å². The highest BCUT2D eigenvalue weighted by Crippen LogP contribution is 2.28. The summed E-state index contributed by atoms with van der Waals surface area (Å²) >= 11 is 3.00. The zero-order chi connectivity index (χ0) is 20.5. The molecule has 0 fully saturated rings. The molecule has 2 aromatic carbocycles. The van der Waals surface area contributed by atoms with Crippen LogP contribution in [0.3, 0.4) is 0 Å². The lowest BCUT2D eigenvalue weighted by Crippen LogP contribution is -2.11. The van der Waals surface area contributed by atoms with Crippen molar-refractivity contribution >= 4 is 34.1 Å². The Labute approximate surface area is 179 Å². The van der Waals surface area contributed by atoms with Crippen molar-refractivity contribution in [2.24, 2.45) is 0 Å². The fourth-order valence-corrected chi connectivity index (χ4v) is 4.37. The first kappa shape index (κ1) is 21.3. The van der Waals surface area contributed by atoms with Gasteiger partial charge in [-0.15, -0.1) is 10.2 Å². The van der Waals surface area contributed by atoms with E-state index in [9.17, 15) is 4.79 Å². The second-order valence-corrected chi connectivity index (χ2v) is 8.88. The number of aromatic nitrogens is 2. The zero-order valence-corrected chi connectivity index (χ0v) is 18.3. The third-order valence-electron chi connectivity index (χ3n) is 4.20. The first-order valence-electron chi connectivity index (χ1n) is 9.70. The minimum atomic E-state index is -0.200. The molecule has 0 aliphatic rings. The fourth-order valence-electron chi connectivity index (χ4n) is 2.68. The number of hydrogen-bond acceptors (Lipinski definition) is 6. The number of amides is 1. The van der Waals surface area contributed by atoms with E-state index in [0.717, 1.165) is 28.7 Å². The highest BCUT2D eigenvalue weighted by molar-refractivity contribution is 8.00. The average molecular weight is 428 g/mol. The van der Waals surface area contributed by atoms with E-state index < -0.39 is 0 Å². The lowest BCUT2D eigenvalue weighted by atomic mass is 10.2. The van der Waals surface area contributed by atoms with Crippen LogP contribution in [-0.2, 0) is 5.75 Å². The second-order valence-electron chi connectivity index (χ2n) is 6.68. The van der Waals surface area contributed by atoms with Gasteiger partial charge in [-0.3, -0.25) is 10.1 Å². The quantitative estimate of drug-likeness (QED) is 0.246. The van der Waals surface area contributed by atoms with Gasteiger partial charge in [-0.25, -0.2) is 0 Å². The predicted molar refractivity (Wildman–Crippen MR) is 120 cm³/mol. The average Bonchev–Trinajstić information content (AvgIpc) is 3.17. The van der Waals surface area contributed by atoms with Crippen LogP contribution in [0.15, 0.2) is 52.9 Å². The Bertz CT molecular complexity index is 926. The Hall–Kier alpha value is -2.38. The van der Waals surface area contributed by atoms with E-state index in [-0.39, 0.29) is 5.91 Å². The van der Waals surface area contributed by atoms with Crippen LogP contribution in [0.25, 0.3) is 0 Å². The third kappa shape index (κ3) is 6.87. The summed E-state index contributed by atoms with van der Waals surface area (Å²) in [4.78, 5) is 12.4. The molecule has 1 heterocycles. The van der Waals surface area contributed by atoms with Crippen molar-refractivity contribution in [1.82, 2.24) is 10.2 Å². The number of nitrogens with one attached hydrogen (secondary N) is 1. The number of unbranched alkanes of at least 4 members (excludes halogenated alkanes) is 2. The number of anilines is 1. The molecule has 0 aliphatic heterocycles. The second kappa shape index (κ2) is 11.0. The molecule has 0 unspecified atom stereocenters. The summed E-state index contributed by atoms with van der Waals surface area (Å²) in [6.45, 7) is 4.95. The SMILES string of the molecule is CCCCCOc1ccc(C(=O)Nc2nnc(SCc3cccc(C)c3)s2)cc1. The lowest BCUT2D eigenvalue weighted by molar-refractivity contribution is 0.102. The standard InChI is InChI=1S/C22H25N3O2S2/c1-3-4-5-13-27-19-11-9-18(10-12-19)20(26)23-21-24-25-22(29-21)28-15-17-8-6-7-16(2)14-17/h6-12,14H,3-5,13,15H2,1-2H3,(H,23,24,26). The molecular formula is C22H25N3O2S2. The molecule has 1 aromatic heterocycles. The number of thioether (sulfide) groups is 1. The molecular weight excluding hydrogens is 402 g/mol. The van der Waals surface area contributed by atoms with E-state index in [1.807, 2.05) is 12.1 Å². The summed E-state index contributed by atoms with van der Waals surface area (Å²) in [6.07, 6.45) is 3.37. The summed E-state index contributed by atoms with van der Waals surface area (Å²) < 4.78 is 6.51. The van der Waals surface area contributed by atoms with Gasteiger partial charge in [-0.05, 0) is 43.2 Å². The highest BCUT2D eigenvalue weighted by atomic mass is 32.2. The molecule has 0 bridgehead atoms. The maximum Gasteiger partial charge on any atom is 0.257 e. The molecule has 0 atom stereocenters. The molecule has 1 amide bonds. The number of nitrogens with zero attached hydrogens (tertiary/aromatic N) is 2. The van der Waals surface area contributed by atoms with Crippen molar-refractivity contribution in [2.45, 2.75) is 43.2 Å². The molecule has 0 saturated carbocycles. The van der Waals surface area contributed by atoms with Gasteiger partial charge in [0.05, 0.1) is 6.61 Å². The van der Waals surface area contributed by atoms with Crippen molar-refractivity contribution < 1.29 is 9.53 Å². The molecule has 3 rings (SSSR count). The smallest absolute Gasteiger partial charge is 0.257 e. The van der Waals surface area contributed by atoms with Gasteiger partial charge >= 0.3 is 0 Å². The van der Waals surface area contributed by atoms with Crippen LogP contribution in [-0.4, -0.2) is 22.7 Å². The Morgan fingerprint density at radius 1 is 1.14 bits per heavy atom. The van der Waals surface area contributed by atoms with Crippen molar-refractivity contribution in [2.75, 3.05) is 11.9 Å². The summed E-state index contributed by atoms with van der Waals surface area (Å²) in [5.41, 5.74) is 3.05. The number of ether oxygens (including phenoxy) is 1. The van der Waals surface area contributed by atoms with Crippen molar-refractivity contribution in [3.8, 4) is 5.75 Å². The summed E-state index contributed by atoms with van der Waals surface area (Å²) in [5.74, 6) is 1.40. The molecule has 0 aliphatic carbocycles. The summed E-state index contributed by atoms with van der Waals surface area (Å²) in [5, 5.41) is 11.6. The van der Waals surface area contributed by atoms with Crippen LogP contribution in [0, 0.1) is 6.92 Å². The minimum Gasteiger partial charge on any atom is -0.494 e. The van der Waals surface area contributed by atoms with Gasteiger partial charge in [0.2, 0.25) is 5.13 Å². The first-order valence-corrected chi connectivity index (χ1v) is 11.5.